The quantitative estimate of drug-likeness (QED) is 0.822. The maximum Gasteiger partial charge on any atom is 0.131 e. The number of morpholine rings is 1. The van der Waals surface area contributed by atoms with Gasteiger partial charge in [-0.25, -0.2) is 4.98 Å². The molecule has 5 heterocycles. The Bertz CT molecular complexity index is 924. The van der Waals surface area contributed by atoms with Gasteiger partial charge in [-0.3, -0.25) is 9.98 Å². The Morgan fingerprint density at radius 1 is 1.07 bits per heavy atom. The summed E-state index contributed by atoms with van der Waals surface area (Å²) in [6.45, 7) is 8.54. The summed E-state index contributed by atoms with van der Waals surface area (Å²) >= 11 is 0. The molecule has 3 aliphatic rings. The van der Waals surface area contributed by atoms with E-state index in [1.54, 1.807) is 0 Å². The molecule has 2 saturated heterocycles. The van der Waals surface area contributed by atoms with Gasteiger partial charge in [0, 0.05) is 61.3 Å². The second-order valence-corrected chi connectivity index (χ2v) is 8.01. The first kappa shape index (κ1) is 17.6. The molecule has 0 unspecified atom stereocenters. The normalized spacial score (nSPS) is 20.8. The molecule has 3 aliphatic heterocycles. The summed E-state index contributed by atoms with van der Waals surface area (Å²) in [5, 5.41) is 1.20. The minimum atomic E-state index is 0.687. The molecule has 5 rings (SSSR count). The van der Waals surface area contributed by atoms with Crippen molar-refractivity contribution in [2.75, 3.05) is 55.7 Å². The molecular formula is C22H27N5O. The van der Waals surface area contributed by atoms with Crippen molar-refractivity contribution in [3.05, 3.63) is 30.1 Å². The third kappa shape index (κ3) is 3.26. The number of pyridine rings is 2. The molecule has 0 spiro atoms. The fraction of sp³-hybridized carbons (Fsp3) is 0.500. The Morgan fingerprint density at radius 2 is 1.89 bits per heavy atom. The molecule has 0 atom stereocenters. The summed E-state index contributed by atoms with van der Waals surface area (Å²) in [6.07, 6.45) is 8.34. The van der Waals surface area contributed by atoms with E-state index < -0.39 is 0 Å². The molecule has 0 aromatic carbocycles. The number of aliphatic imine (C=N–C) groups is 1. The molecule has 2 aromatic rings. The average molecular weight is 377 g/mol. The summed E-state index contributed by atoms with van der Waals surface area (Å²) < 4.78 is 5.55. The molecule has 6 nitrogen and oxygen atoms in total. The number of ether oxygens (including phenoxy) is 1. The zero-order valence-electron chi connectivity index (χ0n) is 16.5. The highest BCUT2D eigenvalue weighted by atomic mass is 16.5. The van der Waals surface area contributed by atoms with E-state index in [-0.39, 0.29) is 0 Å². The largest absolute Gasteiger partial charge is 0.378 e. The van der Waals surface area contributed by atoms with Crippen LogP contribution in [0.2, 0.25) is 0 Å². The number of allylic oxidation sites excluding steroid dienone is 1. The lowest BCUT2D eigenvalue weighted by Gasteiger charge is -2.34. The second kappa shape index (κ2) is 7.51. The molecule has 0 aliphatic carbocycles. The Morgan fingerprint density at radius 3 is 2.64 bits per heavy atom. The number of hydrogen-bond acceptors (Lipinski definition) is 6. The second-order valence-electron chi connectivity index (χ2n) is 8.01. The van der Waals surface area contributed by atoms with Crippen molar-refractivity contribution >= 4 is 34.2 Å². The van der Waals surface area contributed by atoms with Gasteiger partial charge in [0.05, 0.1) is 25.5 Å². The number of aromatic nitrogens is 2. The minimum absolute atomic E-state index is 0.687. The van der Waals surface area contributed by atoms with Crippen LogP contribution in [0.25, 0.3) is 16.5 Å². The lowest BCUT2D eigenvalue weighted by atomic mass is 9.98. The van der Waals surface area contributed by atoms with Crippen molar-refractivity contribution in [1.29, 1.82) is 0 Å². The van der Waals surface area contributed by atoms with Gasteiger partial charge in [0.15, 0.2) is 0 Å². The average Bonchev–Trinajstić information content (AvgIpc) is 3.28. The van der Waals surface area contributed by atoms with Crippen LogP contribution in [0, 0.1) is 5.92 Å². The molecule has 0 saturated carbocycles. The highest BCUT2D eigenvalue weighted by Crippen LogP contribution is 2.35. The third-order valence-electron chi connectivity index (χ3n) is 6.10. The zero-order chi connectivity index (χ0) is 18.9. The number of hydrogen-bond donors (Lipinski definition) is 0. The van der Waals surface area contributed by atoms with Crippen LogP contribution in [0.15, 0.2) is 29.4 Å². The van der Waals surface area contributed by atoms with Gasteiger partial charge in [0.1, 0.15) is 11.3 Å². The van der Waals surface area contributed by atoms with Gasteiger partial charge >= 0.3 is 0 Å². The minimum Gasteiger partial charge on any atom is -0.378 e. The SMILES string of the molecule is CC1CCN(c2cc(N3CCOCC3)nc3c(C4=CC=NC4)nccc23)CC1. The lowest BCUT2D eigenvalue weighted by Crippen LogP contribution is -2.37. The first-order valence-electron chi connectivity index (χ1n) is 10.4. The molecule has 0 N–H and O–H groups in total. The summed E-state index contributed by atoms with van der Waals surface area (Å²) in [4.78, 5) is 19.0. The van der Waals surface area contributed by atoms with E-state index in [1.165, 1.54) is 23.9 Å². The van der Waals surface area contributed by atoms with E-state index in [0.29, 0.717) is 6.54 Å². The van der Waals surface area contributed by atoms with Crippen LogP contribution in [-0.4, -0.2) is 62.1 Å². The number of piperidine rings is 1. The number of fused-ring (bicyclic) bond motifs is 1. The van der Waals surface area contributed by atoms with Crippen molar-refractivity contribution in [3.63, 3.8) is 0 Å². The van der Waals surface area contributed by atoms with Crippen molar-refractivity contribution in [1.82, 2.24) is 9.97 Å². The van der Waals surface area contributed by atoms with Gasteiger partial charge in [-0.05, 0) is 30.9 Å². The van der Waals surface area contributed by atoms with E-state index in [9.17, 15) is 0 Å². The Kier molecular flexibility index (Phi) is 4.72. The summed E-state index contributed by atoms with van der Waals surface area (Å²) in [5.41, 5.74) is 4.41. The van der Waals surface area contributed by atoms with Crippen LogP contribution in [0.4, 0.5) is 11.5 Å². The smallest absolute Gasteiger partial charge is 0.131 e. The van der Waals surface area contributed by atoms with Crippen LogP contribution in [-0.2, 0) is 4.74 Å². The van der Waals surface area contributed by atoms with Crippen molar-refractivity contribution in [2.45, 2.75) is 19.8 Å². The van der Waals surface area contributed by atoms with Gasteiger partial charge < -0.3 is 14.5 Å². The summed E-state index contributed by atoms with van der Waals surface area (Å²) in [7, 11) is 0. The molecule has 146 valence electrons. The number of anilines is 2. The number of nitrogens with zero attached hydrogens (tertiary/aromatic N) is 5. The highest BCUT2D eigenvalue weighted by molar-refractivity contribution is 6.01. The van der Waals surface area contributed by atoms with E-state index in [0.717, 1.165) is 67.9 Å². The van der Waals surface area contributed by atoms with Gasteiger partial charge in [-0.2, -0.15) is 0 Å². The van der Waals surface area contributed by atoms with Gasteiger partial charge in [0.25, 0.3) is 0 Å². The van der Waals surface area contributed by atoms with Crippen molar-refractivity contribution < 1.29 is 4.74 Å². The van der Waals surface area contributed by atoms with E-state index in [4.69, 9.17) is 14.7 Å². The van der Waals surface area contributed by atoms with Crippen molar-refractivity contribution in [3.8, 4) is 0 Å². The Hall–Kier alpha value is -2.47. The first-order valence-corrected chi connectivity index (χ1v) is 10.4. The van der Waals surface area contributed by atoms with E-state index in [2.05, 4.69) is 39.9 Å². The van der Waals surface area contributed by atoms with Gasteiger partial charge in [0.2, 0.25) is 0 Å². The van der Waals surface area contributed by atoms with Crippen LogP contribution in [0.1, 0.15) is 25.5 Å². The lowest BCUT2D eigenvalue weighted by molar-refractivity contribution is 0.122. The predicted octanol–water partition coefficient (Wildman–Crippen LogP) is 3.17. The molecule has 0 bridgehead atoms. The molecule has 6 heteroatoms. The topological polar surface area (TPSA) is 53.9 Å². The molecule has 2 aromatic heterocycles. The molecule has 0 radical (unpaired) electrons. The van der Waals surface area contributed by atoms with Gasteiger partial charge in [-0.1, -0.05) is 6.92 Å². The van der Waals surface area contributed by atoms with E-state index in [1.807, 2.05) is 12.4 Å². The Labute approximate surface area is 165 Å². The monoisotopic (exact) mass is 377 g/mol. The third-order valence-corrected chi connectivity index (χ3v) is 6.10. The highest BCUT2D eigenvalue weighted by Gasteiger charge is 2.23. The maximum absolute atomic E-state index is 5.55. The summed E-state index contributed by atoms with van der Waals surface area (Å²) in [6, 6.07) is 4.41. The first-order chi connectivity index (χ1) is 13.8. The van der Waals surface area contributed by atoms with Crippen LogP contribution >= 0.6 is 0 Å². The zero-order valence-corrected chi connectivity index (χ0v) is 16.5. The summed E-state index contributed by atoms with van der Waals surface area (Å²) in [5.74, 6) is 1.85. The predicted molar refractivity (Wildman–Crippen MR) is 115 cm³/mol. The standard InChI is InChI=1S/C22H27N5O/c1-16-4-8-26(9-5-16)19-14-20(27-10-12-28-13-11-27)25-22-18(19)3-7-24-21(22)17-2-6-23-15-17/h2-3,6-7,14,16H,4-5,8-13,15H2,1H3. The number of rotatable bonds is 3. The molecular weight excluding hydrogens is 350 g/mol. The van der Waals surface area contributed by atoms with Crippen LogP contribution in [0.3, 0.4) is 0 Å². The van der Waals surface area contributed by atoms with E-state index >= 15 is 0 Å². The van der Waals surface area contributed by atoms with Crippen LogP contribution < -0.4 is 9.80 Å². The molecule has 28 heavy (non-hydrogen) atoms. The van der Waals surface area contributed by atoms with Crippen molar-refractivity contribution in [2.24, 2.45) is 10.9 Å². The molecule has 2 fully saturated rings. The molecule has 0 amide bonds. The fourth-order valence-electron chi connectivity index (χ4n) is 4.32. The van der Waals surface area contributed by atoms with Crippen LogP contribution in [0.5, 0.6) is 0 Å². The van der Waals surface area contributed by atoms with Gasteiger partial charge in [-0.15, -0.1) is 0 Å². The Balaban J connectivity index is 1.64. The maximum atomic E-state index is 5.55. The fourth-order valence-corrected chi connectivity index (χ4v) is 4.32.